The maximum absolute atomic E-state index is 12.6. The first-order chi connectivity index (χ1) is 9.96. The summed E-state index contributed by atoms with van der Waals surface area (Å²) in [5, 5.41) is 10.4. The topological polar surface area (TPSA) is 49.7 Å². The highest BCUT2D eigenvalue weighted by molar-refractivity contribution is 6.30. The molecule has 1 N–H and O–H groups in total. The third kappa shape index (κ3) is 4.62. The molecular formula is C12H8ClF6NO2. The molecule has 1 unspecified atom stereocenters. The van der Waals surface area contributed by atoms with Gasteiger partial charge in [-0.3, -0.25) is 4.79 Å². The first kappa shape index (κ1) is 18.3. The first-order valence-electron chi connectivity index (χ1n) is 5.61. The Balaban J connectivity index is 3.23. The monoisotopic (exact) mass is 347 g/mol. The summed E-state index contributed by atoms with van der Waals surface area (Å²) in [5.74, 6) is -4.56. The summed E-state index contributed by atoms with van der Waals surface area (Å²) < 4.78 is 75.2. The molecule has 0 saturated carbocycles. The van der Waals surface area contributed by atoms with Crippen molar-refractivity contribution in [3.63, 3.8) is 0 Å². The molecular weight excluding hydrogens is 340 g/mol. The zero-order valence-corrected chi connectivity index (χ0v) is 11.3. The fourth-order valence-corrected chi connectivity index (χ4v) is 1.79. The van der Waals surface area contributed by atoms with Gasteiger partial charge in [-0.1, -0.05) is 28.9 Å². The number of nitrogens with zero attached hydrogens (tertiary/aromatic N) is 1. The first-order valence-corrected chi connectivity index (χ1v) is 5.99. The van der Waals surface area contributed by atoms with Crippen molar-refractivity contribution in [2.75, 3.05) is 0 Å². The van der Waals surface area contributed by atoms with E-state index in [4.69, 9.17) is 16.8 Å². The highest BCUT2D eigenvalue weighted by Crippen LogP contribution is 2.33. The molecule has 1 aromatic carbocycles. The zero-order chi connectivity index (χ0) is 17.1. The molecule has 0 bridgehead atoms. The molecule has 122 valence electrons. The van der Waals surface area contributed by atoms with Gasteiger partial charge < -0.3 is 5.21 Å². The molecule has 1 aromatic rings. The summed E-state index contributed by atoms with van der Waals surface area (Å²) in [6.07, 6.45) is -11.9. The summed E-state index contributed by atoms with van der Waals surface area (Å²) in [7, 11) is 0. The fourth-order valence-electron chi connectivity index (χ4n) is 1.66. The van der Waals surface area contributed by atoms with Crippen LogP contribution < -0.4 is 0 Å². The van der Waals surface area contributed by atoms with Crippen molar-refractivity contribution in [3.05, 3.63) is 34.9 Å². The standard InChI is InChI=1S/C12H8ClF6NO2/c13-7-3-1-6(2-4-7)8(10(21)12(17,18)19)5-9(20-22)11(14,15)16/h1-4,8,22H,5H2/b20-9+. The van der Waals surface area contributed by atoms with Crippen molar-refractivity contribution in [2.24, 2.45) is 5.16 Å². The molecule has 0 amide bonds. The van der Waals surface area contributed by atoms with Crippen LogP contribution >= 0.6 is 11.6 Å². The molecule has 0 aromatic heterocycles. The predicted octanol–water partition coefficient (Wildman–Crippen LogP) is 4.34. The van der Waals surface area contributed by atoms with Gasteiger partial charge in [0.15, 0.2) is 5.71 Å². The van der Waals surface area contributed by atoms with E-state index in [1.165, 1.54) is 0 Å². The van der Waals surface area contributed by atoms with E-state index < -0.39 is 36.2 Å². The van der Waals surface area contributed by atoms with Crippen LogP contribution in [-0.2, 0) is 4.79 Å². The van der Waals surface area contributed by atoms with E-state index in [2.05, 4.69) is 0 Å². The molecule has 0 aliphatic heterocycles. The number of Topliss-reactive ketones (excluding diaryl/α,β-unsaturated/α-hetero) is 1. The van der Waals surface area contributed by atoms with E-state index in [0.717, 1.165) is 24.3 Å². The Morgan fingerprint density at radius 3 is 1.95 bits per heavy atom. The van der Waals surface area contributed by atoms with Gasteiger partial charge in [0.2, 0.25) is 5.78 Å². The largest absolute Gasteiger partial charge is 0.450 e. The molecule has 10 heteroatoms. The number of carbonyl (C=O) groups is 1. The Morgan fingerprint density at radius 1 is 1.09 bits per heavy atom. The molecule has 0 aliphatic carbocycles. The Morgan fingerprint density at radius 2 is 1.59 bits per heavy atom. The molecule has 0 spiro atoms. The van der Waals surface area contributed by atoms with Crippen LogP contribution in [0.2, 0.25) is 5.02 Å². The van der Waals surface area contributed by atoms with Crippen LogP contribution in [0.25, 0.3) is 0 Å². The molecule has 1 rings (SSSR count). The third-order valence-corrected chi connectivity index (χ3v) is 2.97. The van der Waals surface area contributed by atoms with Gasteiger partial charge in [0.05, 0.1) is 5.92 Å². The van der Waals surface area contributed by atoms with E-state index in [1.807, 2.05) is 5.16 Å². The number of alkyl halides is 6. The minimum atomic E-state index is -5.34. The van der Waals surface area contributed by atoms with Gasteiger partial charge in [0.25, 0.3) is 0 Å². The highest BCUT2D eigenvalue weighted by Gasteiger charge is 2.47. The molecule has 0 fully saturated rings. The van der Waals surface area contributed by atoms with Crippen LogP contribution in [0.1, 0.15) is 17.9 Å². The highest BCUT2D eigenvalue weighted by atomic mass is 35.5. The summed E-state index contributed by atoms with van der Waals surface area (Å²) in [6, 6.07) is 4.28. The average molecular weight is 348 g/mol. The molecule has 0 saturated heterocycles. The summed E-state index contributed by atoms with van der Waals surface area (Å²) in [4.78, 5) is 11.4. The lowest BCUT2D eigenvalue weighted by Gasteiger charge is -2.19. The lowest BCUT2D eigenvalue weighted by Crippen LogP contribution is -2.33. The second-order valence-electron chi connectivity index (χ2n) is 4.21. The Hall–Kier alpha value is -1.77. The minimum Gasteiger partial charge on any atom is -0.411 e. The van der Waals surface area contributed by atoms with Crippen LogP contribution in [0.4, 0.5) is 26.3 Å². The van der Waals surface area contributed by atoms with Gasteiger partial charge in [-0.15, -0.1) is 0 Å². The number of hydrogen-bond donors (Lipinski definition) is 1. The second-order valence-corrected chi connectivity index (χ2v) is 4.65. The quantitative estimate of drug-likeness (QED) is 0.381. The van der Waals surface area contributed by atoms with E-state index >= 15 is 0 Å². The second kappa shape index (κ2) is 6.55. The Kier molecular flexibility index (Phi) is 5.44. The van der Waals surface area contributed by atoms with Crippen molar-refractivity contribution in [1.29, 1.82) is 0 Å². The van der Waals surface area contributed by atoms with Crippen LogP contribution in [0.5, 0.6) is 0 Å². The van der Waals surface area contributed by atoms with Crippen LogP contribution in [0.15, 0.2) is 29.4 Å². The van der Waals surface area contributed by atoms with Crippen molar-refractivity contribution < 1.29 is 36.3 Å². The average Bonchev–Trinajstić information content (AvgIpc) is 2.38. The number of benzene rings is 1. The van der Waals surface area contributed by atoms with E-state index in [1.54, 1.807) is 0 Å². The smallest absolute Gasteiger partial charge is 0.411 e. The van der Waals surface area contributed by atoms with Gasteiger partial charge >= 0.3 is 12.4 Å². The van der Waals surface area contributed by atoms with E-state index in [-0.39, 0.29) is 10.6 Å². The minimum absolute atomic E-state index is 0.133. The van der Waals surface area contributed by atoms with Crippen LogP contribution in [0, 0.1) is 0 Å². The maximum atomic E-state index is 12.6. The molecule has 22 heavy (non-hydrogen) atoms. The number of carbonyl (C=O) groups excluding carboxylic acids is 1. The van der Waals surface area contributed by atoms with Crippen molar-refractivity contribution >= 4 is 23.1 Å². The maximum Gasteiger partial charge on any atom is 0.450 e. The summed E-state index contributed by atoms with van der Waals surface area (Å²) in [6.45, 7) is 0. The van der Waals surface area contributed by atoms with Crippen LogP contribution in [0.3, 0.4) is 0 Å². The van der Waals surface area contributed by atoms with E-state index in [9.17, 15) is 31.1 Å². The molecule has 0 aliphatic rings. The predicted molar refractivity (Wildman–Crippen MR) is 65.1 cm³/mol. The summed E-state index contributed by atoms with van der Waals surface area (Å²) >= 11 is 5.54. The summed E-state index contributed by atoms with van der Waals surface area (Å²) in [5.41, 5.74) is -2.21. The third-order valence-electron chi connectivity index (χ3n) is 2.71. The molecule has 0 heterocycles. The fraction of sp³-hybridized carbons (Fsp3) is 0.333. The zero-order valence-electron chi connectivity index (χ0n) is 10.5. The number of hydrogen-bond acceptors (Lipinski definition) is 3. The van der Waals surface area contributed by atoms with Crippen molar-refractivity contribution in [2.45, 2.75) is 24.7 Å². The van der Waals surface area contributed by atoms with Crippen molar-refractivity contribution in [1.82, 2.24) is 0 Å². The van der Waals surface area contributed by atoms with Gasteiger partial charge in [-0.05, 0) is 17.7 Å². The Labute approximate surface area is 125 Å². The number of rotatable bonds is 4. The molecule has 3 nitrogen and oxygen atoms in total. The normalized spacial score (nSPS) is 14.8. The lowest BCUT2D eigenvalue weighted by atomic mass is 9.89. The van der Waals surface area contributed by atoms with Gasteiger partial charge in [-0.25, -0.2) is 0 Å². The number of ketones is 1. The lowest BCUT2D eigenvalue weighted by molar-refractivity contribution is -0.172. The van der Waals surface area contributed by atoms with Crippen LogP contribution in [-0.4, -0.2) is 29.1 Å². The SMILES string of the molecule is O=C(C(C/C(=N\O)C(F)(F)F)c1ccc(Cl)cc1)C(F)(F)F. The number of halogens is 7. The number of oxime groups is 1. The Bertz CT molecular complexity index is 564. The van der Waals surface area contributed by atoms with E-state index in [0.29, 0.717) is 0 Å². The van der Waals surface area contributed by atoms with Gasteiger partial charge in [0, 0.05) is 11.4 Å². The van der Waals surface area contributed by atoms with Gasteiger partial charge in [0.1, 0.15) is 0 Å². The van der Waals surface area contributed by atoms with Crippen molar-refractivity contribution in [3.8, 4) is 0 Å². The van der Waals surface area contributed by atoms with Gasteiger partial charge in [-0.2, -0.15) is 26.3 Å². The molecule has 1 atom stereocenters. The molecule has 0 radical (unpaired) electrons.